The SMILES string of the molecule is COC(=O)CCc1ccc(C(=O)NC[C@H](NS(=O)(=O)c2cccc3cccnc23)C(=O)OC(C)(C)C)cc1. The van der Waals surface area contributed by atoms with Gasteiger partial charge in [0, 0.05) is 30.1 Å². The highest BCUT2D eigenvalue weighted by atomic mass is 32.2. The minimum atomic E-state index is -4.22. The average molecular weight is 542 g/mol. The number of benzene rings is 2. The number of sulfonamides is 1. The quantitative estimate of drug-likeness (QED) is 0.373. The number of methoxy groups -OCH3 is 1. The monoisotopic (exact) mass is 541 g/mol. The zero-order chi connectivity index (χ0) is 27.9. The molecule has 3 rings (SSSR count). The number of esters is 2. The highest BCUT2D eigenvalue weighted by Gasteiger charge is 2.31. The van der Waals surface area contributed by atoms with Crippen LogP contribution in [0, 0.1) is 0 Å². The van der Waals surface area contributed by atoms with Crippen molar-refractivity contribution in [3.05, 3.63) is 71.9 Å². The third-order valence-electron chi connectivity index (χ3n) is 5.40. The summed E-state index contributed by atoms with van der Waals surface area (Å²) in [6.07, 6.45) is 2.15. The van der Waals surface area contributed by atoms with Crippen LogP contribution in [-0.4, -0.2) is 56.5 Å². The Morgan fingerprint density at radius 1 is 1.00 bits per heavy atom. The molecular weight excluding hydrogens is 510 g/mol. The molecule has 202 valence electrons. The molecule has 0 aliphatic carbocycles. The van der Waals surface area contributed by atoms with E-state index in [2.05, 4.69) is 19.8 Å². The molecule has 0 aliphatic rings. The number of fused-ring (bicyclic) bond motifs is 1. The van der Waals surface area contributed by atoms with Gasteiger partial charge in [0.25, 0.3) is 5.91 Å². The van der Waals surface area contributed by atoms with Gasteiger partial charge in [0.1, 0.15) is 16.5 Å². The highest BCUT2D eigenvalue weighted by Crippen LogP contribution is 2.21. The second-order valence-corrected chi connectivity index (χ2v) is 11.2. The average Bonchev–Trinajstić information content (AvgIpc) is 2.88. The largest absolute Gasteiger partial charge is 0.469 e. The van der Waals surface area contributed by atoms with Crippen molar-refractivity contribution < 1.29 is 32.3 Å². The number of aromatic nitrogens is 1. The van der Waals surface area contributed by atoms with Crippen molar-refractivity contribution in [3.63, 3.8) is 0 Å². The second kappa shape index (κ2) is 12.1. The molecule has 11 heteroatoms. The Balaban J connectivity index is 1.77. The summed E-state index contributed by atoms with van der Waals surface area (Å²) >= 11 is 0. The molecule has 0 saturated heterocycles. The Labute approximate surface area is 221 Å². The summed E-state index contributed by atoms with van der Waals surface area (Å²) in [6, 6.07) is 13.3. The maximum absolute atomic E-state index is 13.3. The molecule has 2 N–H and O–H groups in total. The third kappa shape index (κ3) is 7.83. The van der Waals surface area contributed by atoms with Crippen LogP contribution in [0.2, 0.25) is 0 Å². The van der Waals surface area contributed by atoms with Crippen molar-refractivity contribution in [2.45, 2.75) is 50.2 Å². The number of nitrogens with one attached hydrogen (secondary N) is 2. The number of carbonyl (C=O) groups excluding carboxylic acids is 3. The molecule has 2 aromatic carbocycles. The van der Waals surface area contributed by atoms with Crippen LogP contribution in [0.25, 0.3) is 10.9 Å². The maximum atomic E-state index is 13.3. The van der Waals surface area contributed by atoms with Gasteiger partial charge in [-0.2, -0.15) is 4.72 Å². The zero-order valence-electron chi connectivity index (χ0n) is 21.7. The topological polar surface area (TPSA) is 141 Å². The predicted molar refractivity (Wildman–Crippen MR) is 141 cm³/mol. The summed E-state index contributed by atoms with van der Waals surface area (Å²) in [7, 11) is -2.90. The molecule has 0 radical (unpaired) electrons. The van der Waals surface area contributed by atoms with Gasteiger partial charge < -0.3 is 14.8 Å². The van der Waals surface area contributed by atoms with E-state index >= 15 is 0 Å². The summed E-state index contributed by atoms with van der Waals surface area (Å²) in [5.41, 5.74) is 0.513. The molecule has 0 aliphatic heterocycles. The van der Waals surface area contributed by atoms with Gasteiger partial charge in [-0.1, -0.05) is 30.3 Å². The fourth-order valence-electron chi connectivity index (χ4n) is 3.56. The molecule has 1 aromatic heterocycles. The lowest BCUT2D eigenvalue weighted by Crippen LogP contribution is -2.50. The lowest BCUT2D eigenvalue weighted by Gasteiger charge is -2.25. The van der Waals surface area contributed by atoms with E-state index in [0.717, 1.165) is 5.56 Å². The van der Waals surface area contributed by atoms with E-state index in [1.807, 2.05) is 0 Å². The van der Waals surface area contributed by atoms with E-state index in [1.165, 1.54) is 19.4 Å². The number of pyridine rings is 1. The molecule has 0 bridgehead atoms. The first-order valence-electron chi connectivity index (χ1n) is 11.9. The molecule has 1 amide bonds. The van der Waals surface area contributed by atoms with Crippen LogP contribution in [0.3, 0.4) is 0 Å². The minimum Gasteiger partial charge on any atom is -0.469 e. The van der Waals surface area contributed by atoms with Crippen LogP contribution in [-0.2, 0) is 35.5 Å². The molecule has 1 atom stereocenters. The Hall–Kier alpha value is -3.83. The van der Waals surface area contributed by atoms with E-state index in [-0.39, 0.29) is 29.3 Å². The standard InChI is InChI=1S/C27H31N3O7S/c1-27(2,3)37-26(33)21(30-38(34,35)22-9-5-7-19-8-6-16-28-24(19)22)17-29-25(32)20-13-10-18(11-14-20)12-15-23(31)36-4/h5-11,13-14,16,21,30H,12,15,17H2,1-4H3,(H,29,32)/t21-/m0/s1. The van der Waals surface area contributed by atoms with Gasteiger partial charge in [-0.25, -0.2) is 8.42 Å². The molecule has 0 fully saturated rings. The van der Waals surface area contributed by atoms with E-state index in [9.17, 15) is 22.8 Å². The number of aryl methyl sites for hydroxylation is 1. The Kier molecular flexibility index (Phi) is 9.18. The van der Waals surface area contributed by atoms with Crippen molar-refractivity contribution >= 4 is 38.8 Å². The number of rotatable bonds is 10. The molecule has 38 heavy (non-hydrogen) atoms. The number of para-hydroxylation sites is 1. The van der Waals surface area contributed by atoms with Gasteiger partial charge >= 0.3 is 11.9 Å². The summed E-state index contributed by atoms with van der Waals surface area (Å²) in [6.45, 7) is 4.62. The first-order chi connectivity index (χ1) is 17.9. The number of hydrogen-bond acceptors (Lipinski definition) is 8. The predicted octanol–water partition coefficient (Wildman–Crippen LogP) is 2.76. The highest BCUT2D eigenvalue weighted by molar-refractivity contribution is 7.89. The number of nitrogens with zero attached hydrogens (tertiary/aromatic N) is 1. The number of hydrogen-bond donors (Lipinski definition) is 2. The minimum absolute atomic E-state index is 0.0990. The van der Waals surface area contributed by atoms with Crippen LogP contribution in [0.4, 0.5) is 0 Å². The van der Waals surface area contributed by atoms with Crippen LogP contribution >= 0.6 is 0 Å². The Bertz CT molecular complexity index is 1410. The summed E-state index contributed by atoms with van der Waals surface area (Å²) in [5.74, 6) is -1.68. The second-order valence-electron chi connectivity index (χ2n) is 9.52. The molecular formula is C27H31N3O7S. The lowest BCUT2D eigenvalue weighted by molar-refractivity contribution is -0.156. The molecule has 0 spiro atoms. The molecule has 0 saturated carbocycles. The van der Waals surface area contributed by atoms with Crippen LogP contribution in [0.15, 0.2) is 65.7 Å². The van der Waals surface area contributed by atoms with Gasteiger partial charge in [0.15, 0.2) is 0 Å². The maximum Gasteiger partial charge on any atom is 0.326 e. The van der Waals surface area contributed by atoms with Gasteiger partial charge in [-0.05, 0) is 57.0 Å². The van der Waals surface area contributed by atoms with Crippen molar-refractivity contribution in [2.24, 2.45) is 0 Å². The first-order valence-corrected chi connectivity index (χ1v) is 13.4. The Morgan fingerprint density at radius 3 is 2.34 bits per heavy atom. The van der Waals surface area contributed by atoms with Crippen LogP contribution in [0.5, 0.6) is 0 Å². The zero-order valence-corrected chi connectivity index (χ0v) is 22.5. The van der Waals surface area contributed by atoms with Gasteiger partial charge in [-0.15, -0.1) is 0 Å². The van der Waals surface area contributed by atoms with E-state index < -0.39 is 33.5 Å². The smallest absolute Gasteiger partial charge is 0.326 e. The van der Waals surface area contributed by atoms with Gasteiger partial charge in [0.2, 0.25) is 10.0 Å². The molecule has 3 aromatic rings. The van der Waals surface area contributed by atoms with E-state index in [4.69, 9.17) is 4.74 Å². The van der Waals surface area contributed by atoms with E-state index in [0.29, 0.717) is 17.4 Å². The fourth-order valence-corrected chi connectivity index (χ4v) is 4.92. The van der Waals surface area contributed by atoms with Crippen molar-refractivity contribution in [2.75, 3.05) is 13.7 Å². The van der Waals surface area contributed by atoms with E-state index in [1.54, 1.807) is 69.3 Å². The van der Waals surface area contributed by atoms with Crippen molar-refractivity contribution in [3.8, 4) is 0 Å². The van der Waals surface area contributed by atoms with Crippen LogP contribution in [0.1, 0.15) is 43.1 Å². The third-order valence-corrected chi connectivity index (χ3v) is 6.91. The lowest BCUT2D eigenvalue weighted by atomic mass is 10.1. The summed E-state index contributed by atoms with van der Waals surface area (Å²) in [4.78, 5) is 41.1. The van der Waals surface area contributed by atoms with Gasteiger partial charge in [-0.3, -0.25) is 19.4 Å². The summed E-state index contributed by atoms with van der Waals surface area (Å²) in [5, 5.41) is 3.22. The number of amides is 1. The van der Waals surface area contributed by atoms with Crippen molar-refractivity contribution in [1.82, 2.24) is 15.0 Å². The number of ether oxygens (including phenoxy) is 2. The fraction of sp³-hybridized carbons (Fsp3) is 0.333. The van der Waals surface area contributed by atoms with Crippen molar-refractivity contribution in [1.29, 1.82) is 0 Å². The molecule has 10 nitrogen and oxygen atoms in total. The number of carbonyl (C=O) groups is 3. The normalized spacial score (nSPS) is 12.5. The van der Waals surface area contributed by atoms with Crippen LogP contribution < -0.4 is 10.0 Å². The summed E-state index contributed by atoms with van der Waals surface area (Å²) < 4.78 is 39.0. The molecule has 0 unspecified atom stereocenters. The molecule has 1 heterocycles. The van der Waals surface area contributed by atoms with Gasteiger partial charge in [0.05, 0.1) is 12.6 Å². The Morgan fingerprint density at radius 2 is 1.68 bits per heavy atom. The first kappa shape index (κ1) is 28.7.